The third-order valence-electron chi connectivity index (χ3n) is 4.28. The van der Waals surface area contributed by atoms with Gasteiger partial charge in [0.2, 0.25) is 0 Å². The van der Waals surface area contributed by atoms with Gasteiger partial charge in [0.05, 0.1) is 26.0 Å². The Morgan fingerprint density at radius 2 is 1.72 bits per heavy atom. The van der Waals surface area contributed by atoms with Gasteiger partial charge in [-0.3, -0.25) is 9.59 Å². The molecule has 6 heteroatoms. The van der Waals surface area contributed by atoms with Crippen molar-refractivity contribution in [3.63, 3.8) is 0 Å². The van der Waals surface area contributed by atoms with Crippen LogP contribution in [-0.4, -0.2) is 36.7 Å². The summed E-state index contributed by atoms with van der Waals surface area (Å²) in [4.78, 5) is 25.7. The van der Waals surface area contributed by atoms with Gasteiger partial charge in [0.25, 0.3) is 11.5 Å². The zero-order valence-corrected chi connectivity index (χ0v) is 14.2. The normalized spacial score (nSPS) is 12.3. The highest BCUT2D eigenvalue weighted by Gasteiger charge is 2.20. The second-order valence-electron chi connectivity index (χ2n) is 6.20. The molecule has 3 N–H and O–H groups in total. The lowest BCUT2D eigenvalue weighted by Crippen LogP contribution is -3.07. The van der Waals surface area contributed by atoms with Crippen LogP contribution >= 0.6 is 0 Å². The highest BCUT2D eigenvalue weighted by Crippen LogP contribution is 2.13. The number of benzene rings is 2. The summed E-state index contributed by atoms with van der Waals surface area (Å²) in [6, 6.07) is 17.2. The van der Waals surface area contributed by atoms with Crippen molar-refractivity contribution in [1.29, 1.82) is 0 Å². The monoisotopic (exact) mass is 337 g/mol. The van der Waals surface area contributed by atoms with Crippen molar-refractivity contribution >= 4 is 16.7 Å². The number of nitrogens with zero attached hydrogens (tertiary/aromatic N) is 1. The smallest absolute Gasteiger partial charge is 0.272 e. The Morgan fingerprint density at radius 1 is 1.08 bits per heavy atom. The second-order valence-corrected chi connectivity index (χ2v) is 6.20. The van der Waals surface area contributed by atoms with E-state index in [1.165, 1.54) is 4.90 Å². The molecule has 0 saturated heterocycles. The summed E-state index contributed by atoms with van der Waals surface area (Å²) in [6.45, 7) is 0.473. The zero-order chi connectivity index (χ0) is 17.8. The number of hydrogen-bond acceptors (Lipinski definition) is 3. The molecule has 0 saturated carbocycles. The van der Waals surface area contributed by atoms with Crippen LogP contribution in [0.25, 0.3) is 10.8 Å². The number of aromatic nitrogens is 2. The largest absolute Gasteiger partial charge is 0.344 e. The van der Waals surface area contributed by atoms with Gasteiger partial charge < -0.3 is 10.2 Å². The van der Waals surface area contributed by atoms with E-state index in [4.69, 9.17) is 0 Å². The van der Waals surface area contributed by atoms with Crippen molar-refractivity contribution in [3.8, 4) is 0 Å². The van der Waals surface area contributed by atoms with E-state index in [9.17, 15) is 9.59 Å². The van der Waals surface area contributed by atoms with Gasteiger partial charge >= 0.3 is 0 Å². The molecule has 0 aliphatic carbocycles. The summed E-state index contributed by atoms with van der Waals surface area (Å²) in [5.41, 5.74) is 1.09. The Bertz CT molecular complexity index is 935. The molecular weight excluding hydrogens is 316 g/mol. The first-order chi connectivity index (χ1) is 12.1. The topological polar surface area (TPSA) is 79.3 Å². The van der Waals surface area contributed by atoms with Crippen LogP contribution in [0.3, 0.4) is 0 Å². The van der Waals surface area contributed by atoms with Gasteiger partial charge in [-0.05, 0) is 6.07 Å². The summed E-state index contributed by atoms with van der Waals surface area (Å²) < 4.78 is 0. The van der Waals surface area contributed by atoms with E-state index >= 15 is 0 Å². The van der Waals surface area contributed by atoms with Crippen molar-refractivity contribution in [2.45, 2.75) is 6.04 Å². The molecule has 0 radical (unpaired) electrons. The van der Waals surface area contributed by atoms with E-state index in [0.29, 0.717) is 17.3 Å². The summed E-state index contributed by atoms with van der Waals surface area (Å²) in [6.07, 6.45) is 0. The number of aromatic amines is 1. The molecule has 3 aromatic rings. The van der Waals surface area contributed by atoms with E-state index in [-0.39, 0.29) is 23.2 Å². The van der Waals surface area contributed by atoms with E-state index in [2.05, 4.69) is 41.7 Å². The van der Waals surface area contributed by atoms with Crippen molar-refractivity contribution in [1.82, 2.24) is 15.5 Å². The van der Waals surface area contributed by atoms with E-state index in [0.717, 1.165) is 5.56 Å². The quantitative estimate of drug-likeness (QED) is 0.636. The van der Waals surface area contributed by atoms with Gasteiger partial charge in [0.1, 0.15) is 6.04 Å². The van der Waals surface area contributed by atoms with Gasteiger partial charge in [-0.15, -0.1) is 0 Å². The van der Waals surface area contributed by atoms with E-state index in [1.807, 2.05) is 18.2 Å². The minimum absolute atomic E-state index is 0.124. The van der Waals surface area contributed by atoms with E-state index in [1.54, 1.807) is 24.3 Å². The molecule has 0 bridgehead atoms. The number of carbonyl (C=O) groups is 1. The third-order valence-corrected chi connectivity index (χ3v) is 4.28. The molecule has 0 fully saturated rings. The van der Waals surface area contributed by atoms with Gasteiger partial charge in [-0.25, -0.2) is 5.10 Å². The highest BCUT2D eigenvalue weighted by molar-refractivity contribution is 6.04. The molecule has 6 nitrogen and oxygen atoms in total. The van der Waals surface area contributed by atoms with Crippen molar-refractivity contribution in [2.75, 3.05) is 20.6 Å². The fraction of sp³-hybridized carbons (Fsp3) is 0.211. The molecule has 3 rings (SSSR count). The second kappa shape index (κ2) is 7.27. The van der Waals surface area contributed by atoms with E-state index < -0.39 is 0 Å². The SMILES string of the molecule is C[NH+](C)[C@H](CNC(=O)c1n[nH]c(=O)c2ccccc12)c1ccccc1. The highest BCUT2D eigenvalue weighted by atomic mass is 16.2. The van der Waals surface area contributed by atoms with Crippen molar-refractivity contribution < 1.29 is 9.69 Å². The predicted molar refractivity (Wildman–Crippen MR) is 96.7 cm³/mol. The van der Waals surface area contributed by atoms with Crippen LogP contribution < -0.4 is 15.8 Å². The molecule has 25 heavy (non-hydrogen) atoms. The van der Waals surface area contributed by atoms with Gasteiger partial charge in [-0.1, -0.05) is 48.5 Å². The van der Waals surface area contributed by atoms with Crippen LogP contribution in [0.5, 0.6) is 0 Å². The standard InChI is InChI=1S/C19H20N4O2/c1-23(2)16(13-8-4-3-5-9-13)12-20-19(25)17-14-10-6-7-11-15(14)18(24)22-21-17/h3-11,16H,12H2,1-2H3,(H,20,25)(H,22,24)/p+1/t16-/m1/s1. The molecule has 1 atom stereocenters. The molecule has 128 valence electrons. The average molecular weight is 337 g/mol. The van der Waals surface area contributed by atoms with Crippen LogP contribution in [0.1, 0.15) is 22.1 Å². The Balaban J connectivity index is 1.83. The molecular formula is C19H21N4O2+. The number of carbonyl (C=O) groups excluding carboxylic acids is 1. The number of quaternary nitrogens is 1. The fourth-order valence-corrected chi connectivity index (χ4v) is 2.91. The maximum atomic E-state index is 12.6. The minimum Gasteiger partial charge on any atom is -0.344 e. The minimum atomic E-state index is -0.299. The lowest BCUT2D eigenvalue weighted by molar-refractivity contribution is -0.890. The molecule has 0 aliphatic heterocycles. The Hall–Kier alpha value is -2.99. The average Bonchev–Trinajstić information content (AvgIpc) is 2.63. The van der Waals surface area contributed by atoms with Crippen LogP contribution in [0, 0.1) is 0 Å². The van der Waals surface area contributed by atoms with Crippen LogP contribution in [0.2, 0.25) is 0 Å². The van der Waals surface area contributed by atoms with Gasteiger partial charge in [0.15, 0.2) is 5.69 Å². The number of likely N-dealkylation sites (N-methyl/N-ethyl adjacent to an activating group) is 1. The summed E-state index contributed by atoms with van der Waals surface area (Å²) in [5, 5.41) is 10.3. The van der Waals surface area contributed by atoms with Crippen LogP contribution in [0.15, 0.2) is 59.4 Å². The number of nitrogens with one attached hydrogen (secondary N) is 3. The molecule has 1 aromatic heterocycles. The molecule has 0 aliphatic rings. The van der Waals surface area contributed by atoms with Gasteiger partial charge in [0, 0.05) is 10.9 Å². The molecule has 1 heterocycles. The maximum Gasteiger partial charge on any atom is 0.272 e. The molecule has 0 spiro atoms. The summed E-state index contributed by atoms with van der Waals surface area (Å²) >= 11 is 0. The Kier molecular flexibility index (Phi) is 4.90. The third kappa shape index (κ3) is 3.59. The first-order valence-corrected chi connectivity index (χ1v) is 8.18. The predicted octanol–water partition coefficient (Wildman–Crippen LogP) is 0.539. The maximum absolute atomic E-state index is 12.6. The molecule has 0 unspecified atom stereocenters. The van der Waals surface area contributed by atoms with Crippen LogP contribution in [0.4, 0.5) is 0 Å². The van der Waals surface area contributed by atoms with Gasteiger partial charge in [-0.2, -0.15) is 5.10 Å². The zero-order valence-electron chi connectivity index (χ0n) is 14.2. The summed E-state index contributed by atoms with van der Waals surface area (Å²) in [7, 11) is 4.11. The molecule has 1 amide bonds. The first kappa shape index (κ1) is 16.9. The first-order valence-electron chi connectivity index (χ1n) is 8.18. The molecule has 2 aromatic carbocycles. The van der Waals surface area contributed by atoms with Crippen molar-refractivity contribution in [2.24, 2.45) is 0 Å². The summed E-state index contributed by atoms with van der Waals surface area (Å²) in [5.74, 6) is -0.297. The van der Waals surface area contributed by atoms with Crippen molar-refractivity contribution in [3.05, 3.63) is 76.2 Å². The lowest BCUT2D eigenvalue weighted by Gasteiger charge is -2.22. The number of rotatable bonds is 5. The number of amides is 1. The van der Waals surface area contributed by atoms with Crippen LogP contribution in [-0.2, 0) is 0 Å². The Morgan fingerprint density at radius 3 is 2.40 bits per heavy atom. The fourth-order valence-electron chi connectivity index (χ4n) is 2.91. The number of fused-ring (bicyclic) bond motifs is 1. The number of H-pyrrole nitrogens is 1. The lowest BCUT2D eigenvalue weighted by atomic mass is 10.1. The number of hydrogen-bond donors (Lipinski definition) is 3. The Labute approximate surface area is 145 Å².